The van der Waals surface area contributed by atoms with Crippen LogP contribution < -0.4 is 0 Å². The molecule has 0 atom stereocenters. The Morgan fingerprint density at radius 2 is 2.14 bits per heavy atom. The molecule has 4 heteroatoms. The Kier molecular flexibility index (Phi) is 2.45. The molecular formula is C10H8N2OS. The summed E-state index contributed by atoms with van der Waals surface area (Å²) in [4.78, 5) is 11.0. The molecule has 0 saturated heterocycles. The minimum absolute atomic E-state index is 0.0238. The summed E-state index contributed by atoms with van der Waals surface area (Å²) >= 11 is 1.12. The van der Waals surface area contributed by atoms with Gasteiger partial charge in [-0.2, -0.15) is 5.10 Å². The van der Waals surface area contributed by atoms with E-state index in [0.29, 0.717) is 5.03 Å². The van der Waals surface area contributed by atoms with E-state index in [1.54, 1.807) is 6.20 Å². The quantitative estimate of drug-likeness (QED) is 0.668. The van der Waals surface area contributed by atoms with Crippen LogP contribution >= 0.6 is 11.8 Å². The van der Waals surface area contributed by atoms with Gasteiger partial charge in [0, 0.05) is 17.7 Å². The Labute approximate surface area is 85.5 Å². The predicted octanol–water partition coefficient (Wildman–Crippen LogP) is 2.27. The van der Waals surface area contributed by atoms with E-state index < -0.39 is 0 Å². The number of thioether (sulfide) groups is 1. The zero-order chi connectivity index (χ0) is 9.97. The summed E-state index contributed by atoms with van der Waals surface area (Å²) in [6.07, 6.45) is 1.69. The van der Waals surface area contributed by atoms with Crippen molar-refractivity contribution in [3.63, 3.8) is 0 Å². The molecule has 0 aliphatic rings. The van der Waals surface area contributed by atoms with Gasteiger partial charge < -0.3 is 0 Å². The molecule has 0 fully saturated rings. The van der Waals surface area contributed by atoms with Crippen LogP contribution in [-0.4, -0.2) is 15.3 Å². The summed E-state index contributed by atoms with van der Waals surface area (Å²) in [6.45, 7) is 1.52. The smallest absolute Gasteiger partial charge is 0.192 e. The van der Waals surface area contributed by atoms with Crippen LogP contribution in [0, 0.1) is 0 Å². The SMILES string of the molecule is CC(=O)Sc1nncc2ccccc12. The molecule has 0 unspecified atom stereocenters. The van der Waals surface area contributed by atoms with Crippen LogP contribution in [-0.2, 0) is 4.79 Å². The lowest BCUT2D eigenvalue weighted by Gasteiger charge is -2.00. The molecule has 2 rings (SSSR count). The summed E-state index contributed by atoms with van der Waals surface area (Å²) in [7, 11) is 0. The Morgan fingerprint density at radius 3 is 2.93 bits per heavy atom. The maximum atomic E-state index is 11.0. The first-order valence-corrected chi connectivity index (χ1v) is 4.98. The molecule has 0 aliphatic heterocycles. The molecule has 1 heterocycles. The Morgan fingerprint density at radius 1 is 1.36 bits per heavy atom. The van der Waals surface area contributed by atoms with Crippen LogP contribution in [0.25, 0.3) is 10.8 Å². The number of benzene rings is 1. The van der Waals surface area contributed by atoms with Crippen molar-refractivity contribution in [2.45, 2.75) is 11.9 Å². The Bertz CT molecular complexity index is 479. The lowest BCUT2D eigenvalue weighted by Crippen LogP contribution is -1.90. The first kappa shape index (κ1) is 9.15. The van der Waals surface area contributed by atoms with Gasteiger partial charge in [0.2, 0.25) is 0 Å². The van der Waals surface area contributed by atoms with Crippen molar-refractivity contribution in [3.8, 4) is 0 Å². The third-order valence-electron chi connectivity index (χ3n) is 1.78. The third kappa shape index (κ3) is 1.75. The fraction of sp³-hybridized carbons (Fsp3) is 0.100. The maximum absolute atomic E-state index is 11.0. The highest BCUT2D eigenvalue weighted by molar-refractivity contribution is 8.13. The van der Waals surface area contributed by atoms with E-state index in [2.05, 4.69) is 10.2 Å². The second kappa shape index (κ2) is 3.75. The van der Waals surface area contributed by atoms with E-state index in [-0.39, 0.29) is 5.12 Å². The number of rotatable bonds is 1. The molecule has 0 bridgehead atoms. The number of hydrogen-bond acceptors (Lipinski definition) is 4. The summed E-state index contributed by atoms with van der Waals surface area (Å²) in [5.41, 5.74) is 0. The number of hydrogen-bond donors (Lipinski definition) is 0. The molecule has 14 heavy (non-hydrogen) atoms. The van der Waals surface area contributed by atoms with Crippen LogP contribution in [0.2, 0.25) is 0 Å². The number of carbonyl (C=O) groups is 1. The molecule has 0 spiro atoms. The van der Waals surface area contributed by atoms with Gasteiger partial charge in [-0.25, -0.2) is 0 Å². The van der Waals surface area contributed by atoms with Crippen molar-refractivity contribution in [3.05, 3.63) is 30.5 Å². The van der Waals surface area contributed by atoms with Gasteiger partial charge in [-0.05, 0) is 11.8 Å². The average Bonchev–Trinajstić information content (AvgIpc) is 2.18. The second-order valence-electron chi connectivity index (χ2n) is 2.83. The van der Waals surface area contributed by atoms with E-state index in [9.17, 15) is 4.79 Å². The van der Waals surface area contributed by atoms with Crippen LogP contribution in [0.15, 0.2) is 35.5 Å². The van der Waals surface area contributed by atoms with E-state index in [1.807, 2.05) is 24.3 Å². The van der Waals surface area contributed by atoms with Crippen molar-refractivity contribution >= 4 is 27.6 Å². The van der Waals surface area contributed by atoms with E-state index >= 15 is 0 Å². The minimum atomic E-state index is 0.0238. The molecule has 0 amide bonds. The summed E-state index contributed by atoms with van der Waals surface area (Å²) in [5.74, 6) is 0. The number of nitrogens with zero attached hydrogens (tertiary/aromatic N) is 2. The van der Waals surface area contributed by atoms with Crippen molar-refractivity contribution < 1.29 is 4.79 Å². The molecular weight excluding hydrogens is 196 g/mol. The normalized spacial score (nSPS) is 10.4. The number of carbonyl (C=O) groups excluding carboxylic acids is 1. The van der Waals surface area contributed by atoms with Gasteiger partial charge in [0.1, 0.15) is 5.03 Å². The monoisotopic (exact) mass is 204 g/mol. The lowest BCUT2D eigenvalue weighted by molar-refractivity contribution is -0.109. The second-order valence-corrected chi connectivity index (χ2v) is 4.00. The highest BCUT2D eigenvalue weighted by Gasteiger charge is 2.05. The van der Waals surface area contributed by atoms with Crippen molar-refractivity contribution in [2.75, 3.05) is 0 Å². The fourth-order valence-corrected chi connectivity index (χ4v) is 1.87. The van der Waals surface area contributed by atoms with E-state index in [1.165, 1.54) is 6.92 Å². The molecule has 3 nitrogen and oxygen atoms in total. The largest absolute Gasteiger partial charge is 0.287 e. The standard InChI is InChI=1S/C10H8N2OS/c1-7(13)14-10-9-5-3-2-4-8(9)6-11-12-10/h2-6H,1H3. The molecule has 1 aromatic carbocycles. The van der Waals surface area contributed by atoms with Crippen LogP contribution in [0.3, 0.4) is 0 Å². The highest BCUT2D eigenvalue weighted by atomic mass is 32.2. The predicted molar refractivity (Wildman–Crippen MR) is 56.1 cm³/mol. The van der Waals surface area contributed by atoms with Crippen LogP contribution in [0.4, 0.5) is 0 Å². The van der Waals surface area contributed by atoms with Gasteiger partial charge in [-0.15, -0.1) is 5.10 Å². The molecule has 0 saturated carbocycles. The molecule has 70 valence electrons. The molecule has 0 N–H and O–H groups in total. The third-order valence-corrected chi connectivity index (χ3v) is 2.56. The van der Waals surface area contributed by atoms with Crippen molar-refractivity contribution in [1.82, 2.24) is 10.2 Å². The van der Waals surface area contributed by atoms with Gasteiger partial charge in [0.15, 0.2) is 5.12 Å². The van der Waals surface area contributed by atoms with Gasteiger partial charge in [-0.1, -0.05) is 24.3 Å². The topological polar surface area (TPSA) is 42.9 Å². The van der Waals surface area contributed by atoms with Gasteiger partial charge >= 0.3 is 0 Å². The van der Waals surface area contributed by atoms with Crippen LogP contribution in [0.1, 0.15) is 6.92 Å². The van der Waals surface area contributed by atoms with Crippen molar-refractivity contribution in [1.29, 1.82) is 0 Å². The zero-order valence-electron chi connectivity index (χ0n) is 7.60. The molecule has 2 aromatic rings. The zero-order valence-corrected chi connectivity index (χ0v) is 8.41. The summed E-state index contributed by atoms with van der Waals surface area (Å²) in [5, 5.41) is 10.5. The Balaban J connectivity index is 2.59. The van der Waals surface area contributed by atoms with E-state index in [4.69, 9.17) is 0 Å². The molecule has 0 aliphatic carbocycles. The first-order chi connectivity index (χ1) is 6.77. The molecule has 1 aromatic heterocycles. The highest BCUT2D eigenvalue weighted by Crippen LogP contribution is 2.24. The first-order valence-electron chi connectivity index (χ1n) is 4.16. The number of fused-ring (bicyclic) bond motifs is 1. The summed E-state index contributed by atoms with van der Waals surface area (Å²) in [6, 6.07) is 7.75. The number of aromatic nitrogens is 2. The fourth-order valence-electron chi connectivity index (χ4n) is 1.21. The van der Waals surface area contributed by atoms with Crippen LogP contribution in [0.5, 0.6) is 0 Å². The molecule has 0 radical (unpaired) electrons. The maximum Gasteiger partial charge on any atom is 0.192 e. The minimum Gasteiger partial charge on any atom is -0.287 e. The van der Waals surface area contributed by atoms with Gasteiger partial charge in [0.05, 0.1) is 6.20 Å². The van der Waals surface area contributed by atoms with Crippen molar-refractivity contribution in [2.24, 2.45) is 0 Å². The van der Waals surface area contributed by atoms with Gasteiger partial charge in [-0.3, -0.25) is 4.79 Å². The van der Waals surface area contributed by atoms with Gasteiger partial charge in [0.25, 0.3) is 0 Å². The Hall–Kier alpha value is -1.42. The van der Waals surface area contributed by atoms with E-state index in [0.717, 1.165) is 22.5 Å². The lowest BCUT2D eigenvalue weighted by atomic mass is 10.2. The summed E-state index contributed by atoms with van der Waals surface area (Å²) < 4.78 is 0. The average molecular weight is 204 g/mol.